The van der Waals surface area contributed by atoms with Gasteiger partial charge in [-0.25, -0.2) is 0 Å². The molecule has 11 heteroatoms. The van der Waals surface area contributed by atoms with Crippen molar-refractivity contribution in [2.75, 3.05) is 7.11 Å². The maximum absolute atomic E-state index is 12.9. The van der Waals surface area contributed by atoms with E-state index in [9.17, 15) is 30.0 Å². The summed E-state index contributed by atoms with van der Waals surface area (Å²) in [4.78, 5) is 24.7. The van der Waals surface area contributed by atoms with Gasteiger partial charge < -0.3 is 44.7 Å². The first-order valence-electron chi connectivity index (χ1n) is 17.2. The highest BCUT2D eigenvalue weighted by molar-refractivity contribution is 5.70. The van der Waals surface area contributed by atoms with E-state index in [0.29, 0.717) is 17.7 Å². The molecular formula is C38H57NO10. The zero-order valence-corrected chi connectivity index (χ0v) is 30.2. The van der Waals surface area contributed by atoms with Gasteiger partial charge in [-0.15, -0.1) is 0 Å². The second-order valence-electron chi connectivity index (χ2n) is 14.0. The lowest BCUT2D eigenvalue weighted by atomic mass is 9.87. The number of hydrogen-bond donors (Lipinski definition) is 5. The average Bonchev–Trinajstić information content (AvgIpc) is 3.81. The smallest absolute Gasteiger partial charge is 0.309 e. The van der Waals surface area contributed by atoms with E-state index in [4.69, 9.17) is 18.9 Å². The molecule has 2 aliphatic rings. The van der Waals surface area contributed by atoms with Gasteiger partial charge in [-0.3, -0.25) is 9.59 Å². The molecule has 3 unspecified atom stereocenters. The van der Waals surface area contributed by atoms with E-state index < -0.39 is 53.4 Å². The molecule has 1 aromatic rings. The topological polar surface area (TPSA) is 167 Å². The molecule has 11 nitrogen and oxygen atoms in total. The van der Waals surface area contributed by atoms with Crippen molar-refractivity contribution in [3.8, 4) is 5.75 Å². The molecule has 0 saturated carbocycles. The van der Waals surface area contributed by atoms with Gasteiger partial charge in [-0.05, 0) is 57.7 Å². The van der Waals surface area contributed by atoms with Crippen molar-refractivity contribution in [1.29, 1.82) is 0 Å². The third kappa shape index (κ3) is 11.5. The number of para-hydroxylation sites is 1. The predicted octanol–water partition coefficient (Wildman–Crippen LogP) is 4.26. The van der Waals surface area contributed by atoms with Crippen LogP contribution in [0.25, 0.3) is 0 Å². The van der Waals surface area contributed by atoms with Gasteiger partial charge in [-0.2, -0.15) is 0 Å². The van der Waals surface area contributed by atoms with Crippen molar-refractivity contribution >= 4 is 11.9 Å². The highest BCUT2D eigenvalue weighted by Gasteiger charge is 2.54. The zero-order valence-electron chi connectivity index (χ0n) is 30.2. The maximum atomic E-state index is 12.9. The number of aromatic hydroxyl groups is 1. The number of epoxide rings is 1. The molecule has 1 saturated heterocycles. The van der Waals surface area contributed by atoms with Gasteiger partial charge in [0.05, 0.1) is 36.4 Å². The summed E-state index contributed by atoms with van der Waals surface area (Å²) in [5.74, 6) is -1.30. The summed E-state index contributed by atoms with van der Waals surface area (Å²) in [5.41, 5.74) is -1.52. The number of esters is 2. The van der Waals surface area contributed by atoms with Crippen LogP contribution in [-0.4, -0.2) is 93.3 Å². The number of aliphatic hydroxyl groups is 3. The Hall–Kier alpha value is -3.06. The third-order valence-electron chi connectivity index (χ3n) is 9.69. The summed E-state index contributed by atoms with van der Waals surface area (Å²) in [7, 11) is 1.68. The zero-order chi connectivity index (χ0) is 36.5. The van der Waals surface area contributed by atoms with E-state index in [0.717, 1.165) is 6.42 Å². The lowest BCUT2D eigenvalue weighted by Crippen LogP contribution is -2.52. The fourth-order valence-corrected chi connectivity index (χ4v) is 6.55. The average molecular weight is 688 g/mol. The highest BCUT2D eigenvalue weighted by Crippen LogP contribution is 2.39. The van der Waals surface area contributed by atoms with Gasteiger partial charge in [-0.1, -0.05) is 63.3 Å². The number of nitrogens with one attached hydrogen (secondary N) is 1. The number of ether oxygens (including phenoxy) is 4. The normalized spacial score (nSPS) is 32.1. The third-order valence-corrected chi connectivity index (χ3v) is 9.69. The van der Waals surface area contributed by atoms with Crippen LogP contribution in [0, 0.1) is 11.8 Å². The number of phenols is 1. The molecule has 274 valence electrons. The Kier molecular flexibility index (Phi) is 14.6. The minimum atomic E-state index is -1.46. The Morgan fingerprint density at radius 3 is 2.55 bits per heavy atom. The first-order valence-corrected chi connectivity index (χ1v) is 17.2. The van der Waals surface area contributed by atoms with Crippen LogP contribution in [0.15, 0.2) is 60.2 Å². The van der Waals surface area contributed by atoms with Gasteiger partial charge in [0.15, 0.2) is 0 Å². The lowest BCUT2D eigenvalue weighted by Gasteiger charge is -2.32. The molecule has 2 aliphatic heterocycles. The monoisotopic (exact) mass is 687 g/mol. The number of rotatable bonds is 13. The van der Waals surface area contributed by atoms with Crippen molar-refractivity contribution in [2.24, 2.45) is 11.8 Å². The summed E-state index contributed by atoms with van der Waals surface area (Å²) >= 11 is 0. The number of benzene rings is 1. The standard InChI is InChI=1S/C38H57NO10/c1-9-30(46-8)25(4)34-35(49-34)36(39-22-27-14-10-11-15-29(27)42)38(7,45)19-12-13-23(2)33-24(3)16-17-31(47-26(5)40)37(6,44)20-18-28(41)21-32(43)48-33/h10-17,19,24-25,28,30-31,33-36,39,41-42,44-45H,9,18,20-22H2,1-8H3/b17-16+,19-12+,23-13+/t24-,25+,28+,30-,31-,33?,34+,35-,36?,37+,38?/m0/s1. The summed E-state index contributed by atoms with van der Waals surface area (Å²) in [5, 5.41) is 47.2. The van der Waals surface area contributed by atoms with E-state index >= 15 is 0 Å². The molecule has 1 fully saturated rings. The Bertz CT molecular complexity index is 1330. The van der Waals surface area contributed by atoms with Crippen LogP contribution in [0.3, 0.4) is 0 Å². The number of carbonyl (C=O) groups excluding carboxylic acids is 2. The number of methoxy groups -OCH3 is 1. The maximum Gasteiger partial charge on any atom is 0.309 e. The fourth-order valence-electron chi connectivity index (χ4n) is 6.55. The molecule has 1 aromatic carbocycles. The van der Waals surface area contributed by atoms with Crippen LogP contribution >= 0.6 is 0 Å². The Morgan fingerprint density at radius 2 is 1.92 bits per heavy atom. The molecular weight excluding hydrogens is 630 g/mol. The number of carbonyl (C=O) groups is 2. The quantitative estimate of drug-likeness (QED) is 0.0870. The van der Waals surface area contributed by atoms with Gasteiger partial charge in [0, 0.05) is 38.0 Å². The number of phenolic OH excluding ortho intramolecular Hbond substituents is 1. The molecule has 0 aliphatic carbocycles. The van der Waals surface area contributed by atoms with Crippen molar-refractivity contribution in [2.45, 2.75) is 135 Å². The van der Waals surface area contributed by atoms with Crippen molar-refractivity contribution in [3.63, 3.8) is 0 Å². The van der Waals surface area contributed by atoms with Crippen molar-refractivity contribution in [3.05, 3.63) is 65.8 Å². The number of hydrogen-bond acceptors (Lipinski definition) is 11. The van der Waals surface area contributed by atoms with Crippen LogP contribution in [0.2, 0.25) is 0 Å². The number of allylic oxidation sites excluding steroid dienone is 2. The molecule has 5 N–H and O–H groups in total. The molecule has 49 heavy (non-hydrogen) atoms. The number of cyclic esters (lactones) is 1. The molecule has 0 amide bonds. The van der Waals surface area contributed by atoms with Crippen molar-refractivity contribution < 1.29 is 49.0 Å². The molecule has 0 bridgehead atoms. The highest BCUT2D eigenvalue weighted by atomic mass is 16.6. The molecule has 0 radical (unpaired) electrons. The minimum absolute atomic E-state index is 0.00104. The van der Waals surface area contributed by atoms with E-state index in [1.165, 1.54) is 13.8 Å². The number of aliphatic hydroxyl groups excluding tert-OH is 1. The predicted molar refractivity (Wildman–Crippen MR) is 185 cm³/mol. The first-order chi connectivity index (χ1) is 23.0. The molecule has 3 rings (SSSR count). The van der Waals surface area contributed by atoms with Crippen LogP contribution < -0.4 is 5.32 Å². The van der Waals surface area contributed by atoms with Gasteiger partial charge >= 0.3 is 11.9 Å². The summed E-state index contributed by atoms with van der Waals surface area (Å²) in [6, 6.07) is 6.47. The SMILES string of the molecule is CC[C@H](OC)[C@@H](C)[C@H]1O[C@@H]1C(NCc1ccccc1O)C(C)(O)/C=C/C=C(\C)C1OC(=O)C[C@H](O)CC[C@@](C)(O)[C@@H](OC(C)=O)/C=C/[C@@H]1C. The lowest BCUT2D eigenvalue weighted by molar-refractivity contribution is -0.157. The van der Waals surface area contributed by atoms with E-state index in [2.05, 4.69) is 19.2 Å². The largest absolute Gasteiger partial charge is 0.508 e. The Morgan fingerprint density at radius 1 is 1.22 bits per heavy atom. The molecule has 0 aromatic heterocycles. The Labute approximate surface area is 291 Å². The van der Waals surface area contributed by atoms with E-state index in [1.807, 2.05) is 19.1 Å². The second-order valence-corrected chi connectivity index (χ2v) is 14.0. The molecule has 2 heterocycles. The Balaban J connectivity index is 1.88. The summed E-state index contributed by atoms with van der Waals surface area (Å²) in [6.45, 7) is 12.6. The van der Waals surface area contributed by atoms with Crippen LogP contribution in [0.1, 0.15) is 79.7 Å². The van der Waals surface area contributed by atoms with Crippen LogP contribution in [-0.2, 0) is 35.1 Å². The van der Waals surface area contributed by atoms with Crippen molar-refractivity contribution in [1.82, 2.24) is 5.32 Å². The van der Waals surface area contributed by atoms with Crippen LogP contribution in [0.4, 0.5) is 0 Å². The fraction of sp³-hybridized carbons (Fsp3) is 0.632. The molecule has 11 atom stereocenters. The van der Waals surface area contributed by atoms with Gasteiger partial charge in [0.2, 0.25) is 0 Å². The molecule has 0 spiro atoms. The van der Waals surface area contributed by atoms with Gasteiger partial charge in [0.25, 0.3) is 0 Å². The van der Waals surface area contributed by atoms with E-state index in [-0.39, 0.29) is 49.2 Å². The van der Waals surface area contributed by atoms with E-state index in [1.54, 1.807) is 63.5 Å². The summed E-state index contributed by atoms with van der Waals surface area (Å²) < 4.78 is 23.1. The second kappa shape index (κ2) is 17.7. The van der Waals surface area contributed by atoms with Crippen LogP contribution in [0.5, 0.6) is 5.75 Å². The summed E-state index contributed by atoms with van der Waals surface area (Å²) in [6.07, 6.45) is 6.00. The first kappa shape index (κ1) is 40.4. The van der Waals surface area contributed by atoms with Gasteiger partial charge in [0.1, 0.15) is 29.7 Å². The minimum Gasteiger partial charge on any atom is -0.508 e.